The fraction of sp³-hybridized carbons (Fsp3) is 0.348. The maximum absolute atomic E-state index is 12.5. The van der Waals surface area contributed by atoms with Crippen LogP contribution in [0.1, 0.15) is 46.8 Å². The fourth-order valence-corrected chi connectivity index (χ4v) is 3.81. The lowest BCUT2D eigenvalue weighted by Gasteiger charge is -2.18. The number of aromatic nitrogens is 3. The Morgan fingerprint density at radius 3 is 2.41 bits per heavy atom. The van der Waals surface area contributed by atoms with Crippen LogP contribution in [0, 0.1) is 0 Å². The minimum Gasteiger partial charge on any atom is -0.376 e. The summed E-state index contributed by atoms with van der Waals surface area (Å²) in [6.45, 7) is 2.01. The van der Waals surface area contributed by atoms with E-state index in [2.05, 4.69) is 64.2 Å². The highest BCUT2D eigenvalue weighted by molar-refractivity contribution is 5.91. The van der Waals surface area contributed by atoms with Gasteiger partial charge in [-0.2, -0.15) is 0 Å². The highest BCUT2D eigenvalue weighted by Gasteiger charge is 2.19. The monoisotopic (exact) mass is 390 g/mol. The average molecular weight is 390 g/mol. The topological polar surface area (TPSA) is 69.0 Å². The lowest BCUT2D eigenvalue weighted by atomic mass is 9.88. The third-order valence-electron chi connectivity index (χ3n) is 5.31. The van der Waals surface area contributed by atoms with E-state index >= 15 is 0 Å². The highest BCUT2D eigenvalue weighted by atomic mass is 16.5. The SMILES string of the molecule is O=C(NCCC(c1ccccc1)c1ccccc1)c1cn(C[C@H]2CCCO2)nn1. The number of benzene rings is 2. The first kappa shape index (κ1) is 19.3. The van der Waals surface area contributed by atoms with E-state index < -0.39 is 0 Å². The van der Waals surface area contributed by atoms with Gasteiger partial charge in [-0.15, -0.1) is 5.10 Å². The maximum atomic E-state index is 12.5. The molecule has 1 saturated heterocycles. The van der Waals surface area contributed by atoms with Crippen LogP contribution in [0.4, 0.5) is 0 Å². The zero-order valence-electron chi connectivity index (χ0n) is 16.4. The molecule has 150 valence electrons. The highest BCUT2D eigenvalue weighted by Crippen LogP contribution is 2.27. The number of nitrogens with zero attached hydrogens (tertiary/aromatic N) is 3. The fourth-order valence-electron chi connectivity index (χ4n) is 3.81. The third-order valence-corrected chi connectivity index (χ3v) is 5.31. The molecule has 2 aromatic carbocycles. The molecule has 0 radical (unpaired) electrons. The number of carbonyl (C=O) groups excluding carboxylic acids is 1. The van der Waals surface area contributed by atoms with E-state index in [-0.39, 0.29) is 17.9 Å². The first-order valence-corrected chi connectivity index (χ1v) is 10.2. The molecule has 6 heteroatoms. The van der Waals surface area contributed by atoms with Crippen LogP contribution < -0.4 is 5.32 Å². The van der Waals surface area contributed by atoms with Crippen LogP contribution in [0.5, 0.6) is 0 Å². The van der Waals surface area contributed by atoms with Gasteiger partial charge < -0.3 is 10.1 Å². The molecule has 29 heavy (non-hydrogen) atoms. The molecule has 0 spiro atoms. The summed E-state index contributed by atoms with van der Waals surface area (Å²) in [4.78, 5) is 12.5. The summed E-state index contributed by atoms with van der Waals surface area (Å²) in [6, 6.07) is 20.8. The van der Waals surface area contributed by atoms with Crippen molar-refractivity contribution >= 4 is 5.91 Å². The molecule has 4 rings (SSSR count). The lowest BCUT2D eigenvalue weighted by Crippen LogP contribution is -2.26. The normalized spacial score (nSPS) is 16.2. The predicted molar refractivity (Wildman–Crippen MR) is 111 cm³/mol. The van der Waals surface area contributed by atoms with Gasteiger partial charge in [-0.05, 0) is 30.4 Å². The number of nitrogens with one attached hydrogen (secondary N) is 1. The van der Waals surface area contributed by atoms with Crippen molar-refractivity contribution in [3.63, 3.8) is 0 Å². The van der Waals surface area contributed by atoms with Crippen LogP contribution in [-0.2, 0) is 11.3 Å². The van der Waals surface area contributed by atoms with Gasteiger partial charge in [-0.3, -0.25) is 4.79 Å². The first-order valence-electron chi connectivity index (χ1n) is 10.2. The van der Waals surface area contributed by atoms with E-state index in [1.165, 1.54) is 11.1 Å². The Labute approximate surface area is 170 Å². The molecule has 3 aromatic rings. The van der Waals surface area contributed by atoms with Crippen LogP contribution in [0.3, 0.4) is 0 Å². The van der Waals surface area contributed by atoms with Gasteiger partial charge in [0.2, 0.25) is 0 Å². The van der Waals surface area contributed by atoms with E-state index in [9.17, 15) is 4.79 Å². The number of hydrogen-bond acceptors (Lipinski definition) is 4. The molecule has 1 aromatic heterocycles. The lowest BCUT2D eigenvalue weighted by molar-refractivity contribution is 0.0929. The van der Waals surface area contributed by atoms with Crippen molar-refractivity contribution in [3.05, 3.63) is 83.7 Å². The molecule has 0 saturated carbocycles. The van der Waals surface area contributed by atoms with Crippen molar-refractivity contribution in [2.45, 2.75) is 37.8 Å². The standard InChI is InChI=1S/C23H26N4O2/c28-23(22-17-27(26-25-22)16-20-12-7-15-29-20)24-14-13-21(18-8-3-1-4-9-18)19-10-5-2-6-11-19/h1-6,8-11,17,20-21H,7,12-16H2,(H,24,28)/t20-/m1/s1. The predicted octanol–water partition coefficient (Wildman–Crippen LogP) is 3.41. The van der Waals surface area contributed by atoms with Crippen LogP contribution in [-0.4, -0.2) is 40.2 Å². The summed E-state index contributed by atoms with van der Waals surface area (Å²) in [5.74, 6) is 0.0383. The number of rotatable bonds is 8. The number of carbonyl (C=O) groups is 1. The molecule has 1 N–H and O–H groups in total. The van der Waals surface area contributed by atoms with Gasteiger partial charge in [0.1, 0.15) is 0 Å². The summed E-state index contributed by atoms with van der Waals surface area (Å²) in [5, 5.41) is 11.1. The Morgan fingerprint density at radius 2 is 1.79 bits per heavy atom. The Kier molecular flexibility index (Phi) is 6.32. The van der Waals surface area contributed by atoms with Gasteiger partial charge in [-0.25, -0.2) is 4.68 Å². The van der Waals surface area contributed by atoms with Crippen LogP contribution >= 0.6 is 0 Å². The van der Waals surface area contributed by atoms with Gasteiger partial charge in [0, 0.05) is 19.1 Å². The molecule has 1 aliphatic heterocycles. The van der Waals surface area contributed by atoms with Gasteiger partial charge in [-0.1, -0.05) is 65.9 Å². The minimum atomic E-state index is -0.191. The minimum absolute atomic E-state index is 0.171. The van der Waals surface area contributed by atoms with Gasteiger partial charge in [0.05, 0.1) is 18.8 Å². The summed E-state index contributed by atoms with van der Waals surface area (Å²) in [5.41, 5.74) is 2.84. The van der Waals surface area contributed by atoms with Crippen molar-refractivity contribution in [3.8, 4) is 0 Å². The van der Waals surface area contributed by atoms with Crippen LogP contribution in [0.15, 0.2) is 66.9 Å². The Morgan fingerprint density at radius 1 is 1.10 bits per heavy atom. The van der Waals surface area contributed by atoms with Crippen molar-refractivity contribution in [2.75, 3.05) is 13.2 Å². The first-order chi connectivity index (χ1) is 14.3. The van der Waals surface area contributed by atoms with E-state index in [0.29, 0.717) is 18.8 Å². The van der Waals surface area contributed by atoms with Crippen LogP contribution in [0.2, 0.25) is 0 Å². The largest absolute Gasteiger partial charge is 0.376 e. The molecule has 2 heterocycles. The summed E-state index contributed by atoms with van der Waals surface area (Å²) < 4.78 is 7.31. The molecule has 1 fully saturated rings. The molecule has 1 amide bonds. The van der Waals surface area contributed by atoms with Crippen molar-refractivity contribution in [1.82, 2.24) is 20.3 Å². The molecule has 1 atom stereocenters. The zero-order chi connectivity index (χ0) is 19.9. The second kappa shape index (κ2) is 9.47. The van der Waals surface area contributed by atoms with Crippen LogP contribution in [0.25, 0.3) is 0 Å². The Balaban J connectivity index is 1.35. The van der Waals surface area contributed by atoms with Gasteiger partial charge in [0.15, 0.2) is 5.69 Å². The van der Waals surface area contributed by atoms with Crippen molar-refractivity contribution < 1.29 is 9.53 Å². The molecule has 6 nitrogen and oxygen atoms in total. The van der Waals surface area contributed by atoms with Gasteiger partial charge in [0.25, 0.3) is 5.91 Å². The Hall–Kier alpha value is -2.99. The smallest absolute Gasteiger partial charge is 0.273 e. The van der Waals surface area contributed by atoms with Gasteiger partial charge >= 0.3 is 0 Å². The molecule has 0 unspecified atom stereocenters. The van der Waals surface area contributed by atoms with E-state index in [1.54, 1.807) is 10.9 Å². The van der Waals surface area contributed by atoms with E-state index in [4.69, 9.17) is 4.74 Å². The molecule has 1 aliphatic rings. The molecular weight excluding hydrogens is 364 g/mol. The molecule has 0 bridgehead atoms. The van der Waals surface area contributed by atoms with E-state index in [0.717, 1.165) is 25.9 Å². The number of ether oxygens (including phenoxy) is 1. The molecular formula is C23H26N4O2. The summed E-state index contributed by atoms with van der Waals surface area (Å²) in [7, 11) is 0. The van der Waals surface area contributed by atoms with Crippen molar-refractivity contribution in [2.24, 2.45) is 0 Å². The Bertz CT molecular complexity index is 865. The third kappa shape index (κ3) is 5.09. The maximum Gasteiger partial charge on any atom is 0.273 e. The quantitative estimate of drug-likeness (QED) is 0.640. The second-order valence-electron chi connectivity index (χ2n) is 7.38. The number of amides is 1. The molecule has 0 aliphatic carbocycles. The zero-order valence-corrected chi connectivity index (χ0v) is 16.4. The second-order valence-corrected chi connectivity index (χ2v) is 7.38. The summed E-state index contributed by atoms with van der Waals surface area (Å²) >= 11 is 0. The number of hydrogen-bond donors (Lipinski definition) is 1. The summed E-state index contributed by atoms with van der Waals surface area (Å²) in [6.07, 6.45) is 4.79. The van der Waals surface area contributed by atoms with E-state index in [1.807, 2.05) is 12.1 Å². The van der Waals surface area contributed by atoms with Crippen molar-refractivity contribution in [1.29, 1.82) is 0 Å². The average Bonchev–Trinajstić information content (AvgIpc) is 3.45.